The summed E-state index contributed by atoms with van der Waals surface area (Å²) in [6.45, 7) is 7.89. The van der Waals surface area contributed by atoms with Gasteiger partial charge in [0.25, 0.3) is 0 Å². The van der Waals surface area contributed by atoms with Gasteiger partial charge in [0.05, 0.1) is 12.6 Å². The first-order chi connectivity index (χ1) is 11.8. The Morgan fingerprint density at radius 3 is 2.20 bits per heavy atom. The Morgan fingerprint density at radius 1 is 1.08 bits per heavy atom. The molecule has 0 amide bonds. The fourth-order valence-corrected chi connectivity index (χ4v) is 3.14. The summed E-state index contributed by atoms with van der Waals surface area (Å²) in [7, 11) is 0. The molecule has 0 bridgehead atoms. The Morgan fingerprint density at radius 2 is 1.64 bits per heavy atom. The highest BCUT2D eigenvalue weighted by molar-refractivity contribution is 7.90. The normalized spacial score (nSPS) is 14.2. The molecule has 0 aliphatic carbocycles. The standard InChI is InChI=1S/C20H27NO3S/c1-15(21-25(23)20(2,3)4)11-16-7-5-9-18(12-16)24-19-10-6-8-17(13-19)14-22/h5-10,12-13,15,21-22H,11,14H2,1-4H3. The Kier molecular flexibility index (Phi) is 6.90. The lowest BCUT2D eigenvalue weighted by Gasteiger charge is -2.26. The van der Waals surface area contributed by atoms with E-state index in [-0.39, 0.29) is 17.4 Å². The number of hydrogen-bond acceptors (Lipinski definition) is 4. The predicted molar refractivity (Wildman–Crippen MR) is 103 cm³/mol. The Hall–Kier alpha value is -1.53. The quantitative estimate of drug-likeness (QED) is 0.733. The summed E-state index contributed by atoms with van der Waals surface area (Å²) < 4.78 is 21.0. The van der Waals surface area contributed by atoms with Crippen LogP contribution in [0.2, 0.25) is 0 Å². The Balaban J connectivity index is 2.00. The van der Waals surface area contributed by atoms with Crippen LogP contribution in [0.25, 0.3) is 0 Å². The predicted octanol–water partition coefficient (Wildman–Crippen LogP) is 3.95. The van der Waals surface area contributed by atoms with Crippen LogP contribution in [0.3, 0.4) is 0 Å². The zero-order valence-electron chi connectivity index (χ0n) is 15.3. The van der Waals surface area contributed by atoms with Crippen molar-refractivity contribution in [3.63, 3.8) is 0 Å². The minimum Gasteiger partial charge on any atom is -0.598 e. The van der Waals surface area contributed by atoms with Crippen LogP contribution >= 0.6 is 0 Å². The SMILES string of the molecule is CC(Cc1cccc(Oc2cccc(CO)c2)c1)N[S+]([O-])C(C)(C)C. The zero-order chi connectivity index (χ0) is 18.4. The summed E-state index contributed by atoms with van der Waals surface area (Å²) in [4.78, 5) is 0. The minimum absolute atomic E-state index is 0.00859. The van der Waals surface area contributed by atoms with Gasteiger partial charge >= 0.3 is 0 Å². The second-order valence-electron chi connectivity index (χ2n) is 7.16. The third-order valence-electron chi connectivity index (χ3n) is 3.62. The molecule has 2 aromatic rings. The van der Waals surface area contributed by atoms with Crippen LogP contribution in [0.15, 0.2) is 48.5 Å². The maximum absolute atomic E-state index is 12.2. The molecule has 0 radical (unpaired) electrons. The number of ether oxygens (including phenoxy) is 1. The van der Waals surface area contributed by atoms with E-state index in [4.69, 9.17) is 4.74 Å². The average Bonchev–Trinajstić information content (AvgIpc) is 2.54. The molecule has 2 rings (SSSR count). The number of nitrogens with one attached hydrogen (secondary N) is 1. The van der Waals surface area contributed by atoms with E-state index in [1.54, 1.807) is 0 Å². The van der Waals surface area contributed by atoms with Gasteiger partial charge in [-0.2, -0.15) is 0 Å². The molecule has 0 saturated carbocycles. The topological polar surface area (TPSA) is 64.5 Å². The molecule has 0 fully saturated rings. The van der Waals surface area contributed by atoms with Gasteiger partial charge in [0, 0.05) is 11.4 Å². The molecule has 0 aliphatic rings. The third kappa shape index (κ3) is 6.36. The van der Waals surface area contributed by atoms with Crippen LogP contribution in [-0.4, -0.2) is 20.4 Å². The fourth-order valence-electron chi connectivity index (χ4n) is 2.33. The average molecular weight is 362 g/mol. The fraction of sp³-hybridized carbons (Fsp3) is 0.400. The van der Waals surface area contributed by atoms with E-state index in [1.807, 2.05) is 76.2 Å². The molecular weight excluding hydrogens is 334 g/mol. The summed E-state index contributed by atoms with van der Waals surface area (Å²) in [5.41, 5.74) is 1.93. The highest BCUT2D eigenvalue weighted by Crippen LogP contribution is 2.24. The van der Waals surface area contributed by atoms with E-state index in [9.17, 15) is 9.66 Å². The largest absolute Gasteiger partial charge is 0.598 e. The number of rotatable bonds is 7. The Bertz CT molecular complexity index is 685. The number of benzene rings is 2. The number of aliphatic hydroxyl groups excluding tert-OH is 1. The van der Waals surface area contributed by atoms with Crippen molar-refractivity contribution in [3.8, 4) is 11.5 Å². The first kappa shape index (κ1) is 19.8. The van der Waals surface area contributed by atoms with Crippen LogP contribution in [0.1, 0.15) is 38.8 Å². The van der Waals surface area contributed by atoms with Gasteiger partial charge in [-0.25, -0.2) is 0 Å². The summed E-state index contributed by atoms with van der Waals surface area (Å²) in [6, 6.07) is 15.4. The van der Waals surface area contributed by atoms with Gasteiger partial charge in [0.2, 0.25) is 0 Å². The van der Waals surface area contributed by atoms with Gasteiger partial charge in [-0.15, -0.1) is 4.72 Å². The van der Waals surface area contributed by atoms with Crippen LogP contribution in [0.5, 0.6) is 11.5 Å². The molecule has 0 heterocycles. The minimum atomic E-state index is -1.09. The van der Waals surface area contributed by atoms with Gasteiger partial charge in [-0.3, -0.25) is 0 Å². The lowest BCUT2D eigenvalue weighted by atomic mass is 10.1. The molecule has 2 N–H and O–H groups in total. The molecule has 136 valence electrons. The monoisotopic (exact) mass is 361 g/mol. The molecule has 2 aromatic carbocycles. The van der Waals surface area contributed by atoms with Gasteiger partial charge in [-0.1, -0.05) is 24.3 Å². The number of aliphatic hydroxyl groups is 1. The van der Waals surface area contributed by atoms with Gasteiger partial charge in [0.15, 0.2) is 0 Å². The van der Waals surface area contributed by atoms with E-state index in [1.165, 1.54) is 0 Å². The highest BCUT2D eigenvalue weighted by Gasteiger charge is 2.27. The second kappa shape index (κ2) is 8.72. The van der Waals surface area contributed by atoms with E-state index >= 15 is 0 Å². The van der Waals surface area contributed by atoms with Crippen molar-refractivity contribution in [3.05, 3.63) is 59.7 Å². The molecule has 2 atom stereocenters. The molecule has 2 unspecified atom stereocenters. The van der Waals surface area contributed by atoms with Crippen LogP contribution < -0.4 is 9.46 Å². The van der Waals surface area contributed by atoms with Crippen LogP contribution in [-0.2, 0) is 24.4 Å². The molecule has 25 heavy (non-hydrogen) atoms. The highest BCUT2D eigenvalue weighted by atomic mass is 32.2. The van der Waals surface area contributed by atoms with Crippen LogP contribution in [0, 0.1) is 0 Å². The summed E-state index contributed by atoms with van der Waals surface area (Å²) in [6.07, 6.45) is 0.760. The van der Waals surface area contributed by atoms with E-state index in [2.05, 4.69) is 4.72 Å². The Labute approximate surface area is 153 Å². The van der Waals surface area contributed by atoms with Crippen molar-refractivity contribution >= 4 is 11.4 Å². The lowest BCUT2D eigenvalue weighted by Crippen LogP contribution is -2.44. The van der Waals surface area contributed by atoms with Crippen LogP contribution in [0.4, 0.5) is 0 Å². The maximum atomic E-state index is 12.2. The molecule has 0 aromatic heterocycles. The van der Waals surface area contributed by atoms with Gasteiger partial charge in [0.1, 0.15) is 16.2 Å². The van der Waals surface area contributed by atoms with Crippen molar-refractivity contribution in [2.45, 2.75) is 51.5 Å². The smallest absolute Gasteiger partial charge is 0.136 e. The van der Waals surface area contributed by atoms with Gasteiger partial charge in [-0.05, 0) is 69.5 Å². The van der Waals surface area contributed by atoms with E-state index in [0.29, 0.717) is 5.75 Å². The molecular formula is C20H27NO3S. The molecule has 0 spiro atoms. The van der Waals surface area contributed by atoms with Crippen molar-refractivity contribution in [1.82, 2.24) is 4.72 Å². The summed E-state index contributed by atoms with van der Waals surface area (Å²) >= 11 is -1.09. The van der Waals surface area contributed by atoms with Crippen molar-refractivity contribution in [1.29, 1.82) is 0 Å². The maximum Gasteiger partial charge on any atom is 0.136 e. The molecule has 5 heteroatoms. The second-order valence-corrected chi connectivity index (χ2v) is 9.16. The zero-order valence-corrected chi connectivity index (χ0v) is 16.1. The van der Waals surface area contributed by atoms with Crippen molar-refractivity contribution in [2.24, 2.45) is 0 Å². The summed E-state index contributed by atoms with van der Waals surface area (Å²) in [5, 5.41) is 9.21. The third-order valence-corrected chi connectivity index (χ3v) is 5.35. The summed E-state index contributed by atoms with van der Waals surface area (Å²) in [5.74, 6) is 1.44. The van der Waals surface area contributed by atoms with Crippen molar-refractivity contribution in [2.75, 3.05) is 0 Å². The number of hydrogen-bond donors (Lipinski definition) is 2. The van der Waals surface area contributed by atoms with Crippen molar-refractivity contribution < 1.29 is 14.4 Å². The lowest BCUT2D eigenvalue weighted by molar-refractivity contribution is 0.281. The molecule has 0 aliphatic heterocycles. The first-order valence-electron chi connectivity index (χ1n) is 8.42. The van der Waals surface area contributed by atoms with E-state index in [0.717, 1.165) is 23.3 Å². The first-order valence-corrected chi connectivity index (χ1v) is 9.57. The van der Waals surface area contributed by atoms with Gasteiger partial charge < -0.3 is 14.4 Å². The molecule has 4 nitrogen and oxygen atoms in total. The molecule has 0 saturated heterocycles. The van der Waals surface area contributed by atoms with E-state index < -0.39 is 11.4 Å².